The number of hydrogen-bond acceptors (Lipinski definition) is 2. The summed E-state index contributed by atoms with van der Waals surface area (Å²) in [6, 6.07) is 0. The monoisotopic (exact) mass is 100 g/mol. The summed E-state index contributed by atoms with van der Waals surface area (Å²) in [5, 5.41) is 8.77. The average Bonchev–Trinajstić information content (AvgIpc) is 1.91. The molecule has 1 saturated heterocycles. The van der Waals surface area contributed by atoms with Gasteiger partial charge in [-0.25, -0.2) is 0 Å². The Labute approximate surface area is 42.4 Å². The summed E-state index contributed by atoms with van der Waals surface area (Å²) in [6.07, 6.45) is 0.304. The maximum absolute atomic E-state index is 8.77. The molecule has 1 fully saturated rings. The van der Waals surface area contributed by atoms with Crippen LogP contribution < -0.4 is 0 Å². The van der Waals surface area contributed by atoms with Crippen molar-refractivity contribution < 1.29 is 9.84 Å². The SMILES string of the molecule is C=C1OCCC1O. The van der Waals surface area contributed by atoms with Crippen LogP contribution in [0, 0.1) is 0 Å². The summed E-state index contributed by atoms with van der Waals surface area (Å²) in [7, 11) is 0. The Morgan fingerprint density at radius 3 is 2.71 bits per heavy atom. The van der Waals surface area contributed by atoms with E-state index in [1.54, 1.807) is 0 Å². The Bertz CT molecular complexity index is 88.1. The van der Waals surface area contributed by atoms with Crippen molar-refractivity contribution >= 4 is 0 Å². The van der Waals surface area contributed by atoms with Crippen molar-refractivity contribution in [2.75, 3.05) is 6.61 Å². The van der Waals surface area contributed by atoms with Gasteiger partial charge in [0, 0.05) is 6.42 Å². The minimum Gasteiger partial charge on any atom is -0.496 e. The maximum atomic E-state index is 8.77. The molecule has 2 nitrogen and oxygen atoms in total. The molecule has 2 heteroatoms. The van der Waals surface area contributed by atoms with E-state index in [9.17, 15) is 0 Å². The first-order chi connectivity index (χ1) is 3.30. The second-order valence-electron chi connectivity index (χ2n) is 1.62. The predicted molar refractivity (Wildman–Crippen MR) is 25.7 cm³/mol. The lowest BCUT2D eigenvalue weighted by molar-refractivity contribution is 0.193. The third kappa shape index (κ3) is 0.747. The molecule has 7 heavy (non-hydrogen) atoms. The van der Waals surface area contributed by atoms with Gasteiger partial charge >= 0.3 is 0 Å². The standard InChI is InChI=1S/C5H8O2/c1-4-5(6)2-3-7-4/h5-6H,1-3H2. The zero-order valence-electron chi connectivity index (χ0n) is 4.05. The van der Waals surface area contributed by atoms with E-state index in [1.165, 1.54) is 0 Å². The minimum absolute atomic E-state index is 0.403. The smallest absolute Gasteiger partial charge is 0.117 e. The molecule has 0 amide bonds. The molecule has 0 aromatic heterocycles. The highest BCUT2D eigenvalue weighted by molar-refractivity contribution is 4.95. The van der Waals surface area contributed by atoms with Crippen LogP contribution in [0.5, 0.6) is 0 Å². The van der Waals surface area contributed by atoms with Crippen LogP contribution in [-0.4, -0.2) is 17.8 Å². The van der Waals surface area contributed by atoms with Crippen LogP contribution in [-0.2, 0) is 4.74 Å². The molecule has 0 bridgehead atoms. The van der Waals surface area contributed by atoms with Crippen molar-refractivity contribution in [2.45, 2.75) is 12.5 Å². The first-order valence-corrected chi connectivity index (χ1v) is 2.30. The Hall–Kier alpha value is -0.500. The predicted octanol–water partition coefficient (Wildman–Crippen LogP) is 0.281. The summed E-state index contributed by atoms with van der Waals surface area (Å²) in [4.78, 5) is 0. The normalized spacial score (nSPS) is 30.4. The van der Waals surface area contributed by atoms with Crippen molar-refractivity contribution in [3.8, 4) is 0 Å². The van der Waals surface area contributed by atoms with E-state index in [0.717, 1.165) is 0 Å². The highest BCUT2D eigenvalue weighted by atomic mass is 16.5. The molecule has 0 saturated carbocycles. The summed E-state index contributed by atoms with van der Waals surface area (Å²) in [6.45, 7) is 4.09. The van der Waals surface area contributed by atoms with E-state index in [2.05, 4.69) is 6.58 Å². The minimum atomic E-state index is -0.403. The van der Waals surface area contributed by atoms with E-state index < -0.39 is 6.10 Å². The second-order valence-corrected chi connectivity index (χ2v) is 1.62. The van der Waals surface area contributed by atoms with Gasteiger partial charge in [-0.05, 0) is 0 Å². The fourth-order valence-electron chi connectivity index (χ4n) is 0.559. The Morgan fingerprint density at radius 2 is 2.57 bits per heavy atom. The van der Waals surface area contributed by atoms with Crippen LogP contribution in [0.25, 0.3) is 0 Å². The third-order valence-electron chi connectivity index (χ3n) is 1.05. The molecule has 0 aliphatic carbocycles. The lowest BCUT2D eigenvalue weighted by Crippen LogP contribution is -1.99. The topological polar surface area (TPSA) is 29.5 Å². The first kappa shape index (κ1) is 4.65. The molecular formula is C5H8O2. The largest absolute Gasteiger partial charge is 0.496 e. The molecule has 1 atom stereocenters. The highest BCUT2D eigenvalue weighted by Gasteiger charge is 2.16. The van der Waals surface area contributed by atoms with Crippen molar-refractivity contribution in [1.29, 1.82) is 0 Å². The van der Waals surface area contributed by atoms with E-state index in [4.69, 9.17) is 9.84 Å². The number of aliphatic hydroxyl groups is 1. The molecule has 1 aliphatic rings. The summed E-state index contributed by atoms with van der Waals surface area (Å²) in [5.74, 6) is 0.514. The molecule has 0 aromatic carbocycles. The molecule has 0 radical (unpaired) electrons. The van der Waals surface area contributed by atoms with E-state index in [-0.39, 0.29) is 0 Å². The van der Waals surface area contributed by atoms with E-state index >= 15 is 0 Å². The van der Waals surface area contributed by atoms with E-state index in [0.29, 0.717) is 18.8 Å². The second kappa shape index (κ2) is 1.54. The molecular weight excluding hydrogens is 92.1 g/mol. The average molecular weight is 100 g/mol. The van der Waals surface area contributed by atoms with Gasteiger partial charge in [-0.1, -0.05) is 6.58 Å². The lowest BCUT2D eigenvalue weighted by Gasteiger charge is -1.95. The van der Waals surface area contributed by atoms with E-state index in [1.807, 2.05) is 0 Å². The van der Waals surface area contributed by atoms with Crippen LogP contribution in [0.4, 0.5) is 0 Å². The molecule has 40 valence electrons. The zero-order valence-corrected chi connectivity index (χ0v) is 4.05. The van der Waals surface area contributed by atoms with Gasteiger partial charge in [0.05, 0.1) is 6.61 Å². The number of rotatable bonds is 0. The number of ether oxygens (including phenoxy) is 1. The van der Waals surface area contributed by atoms with Crippen LogP contribution in [0.2, 0.25) is 0 Å². The van der Waals surface area contributed by atoms with Crippen LogP contribution >= 0.6 is 0 Å². The summed E-state index contributed by atoms with van der Waals surface area (Å²) in [5.41, 5.74) is 0. The van der Waals surface area contributed by atoms with Crippen molar-refractivity contribution in [1.82, 2.24) is 0 Å². The summed E-state index contributed by atoms with van der Waals surface area (Å²) < 4.78 is 4.82. The van der Waals surface area contributed by atoms with Crippen molar-refractivity contribution in [2.24, 2.45) is 0 Å². The van der Waals surface area contributed by atoms with Crippen LogP contribution in [0.3, 0.4) is 0 Å². The number of hydrogen-bond donors (Lipinski definition) is 1. The zero-order chi connectivity index (χ0) is 5.28. The molecule has 1 heterocycles. The lowest BCUT2D eigenvalue weighted by atomic mass is 10.3. The van der Waals surface area contributed by atoms with Gasteiger partial charge in [-0.15, -0.1) is 0 Å². The van der Waals surface area contributed by atoms with Crippen LogP contribution in [0.15, 0.2) is 12.3 Å². The molecule has 0 aromatic rings. The van der Waals surface area contributed by atoms with Gasteiger partial charge in [0.15, 0.2) is 0 Å². The highest BCUT2D eigenvalue weighted by Crippen LogP contribution is 2.13. The molecule has 1 rings (SSSR count). The Morgan fingerprint density at radius 1 is 1.86 bits per heavy atom. The maximum Gasteiger partial charge on any atom is 0.117 e. The van der Waals surface area contributed by atoms with Crippen molar-refractivity contribution in [3.05, 3.63) is 12.3 Å². The van der Waals surface area contributed by atoms with Crippen molar-refractivity contribution in [3.63, 3.8) is 0 Å². The van der Waals surface area contributed by atoms with Gasteiger partial charge in [0.1, 0.15) is 11.9 Å². The Balaban J connectivity index is 2.48. The van der Waals surface area contributed by atoms with Gasteiger partial charge < -0.3 is 9.84 Å². The molecule has 0 spiro atoms. The Kier molecular flexibility index (Phi) is 1.02. The summed E-state index contributed by atoms with van der Waals surface area (Å²) >= 11 is 0. The van der Waals surface area contributed by atoms with Gasteiger partial charge in [-0.2, -0.15) is 0 Å². The van der Waals surface area contributed by atoms with Crippen LogP contribution in [0.1, 0.15) is 6.42 Å². The fourth-order valence-corrected chi connectivity index (χ4v) is 0.559. The molecule has 1 aliphatic heterocycles. The molecule has 1 N–H and O–H groups in total. The molecule has 1 unspecified atom stereocenters. The first-order valence-electron chi connectivity index (χ1n) is 2.30. The quantitative estimate of drug-likeness (QED) is 0.474. The van der Waals surface area contributed by atoms with Gasteiger partial charge in [0.2, 0.25) is 0 Å². The fraction of sp³-hybridized carbons (Fsp3) is 0.600. The van der Waals surface area contributed by atoms with Gasteiger partial charge in [0.25, 0.3) is 0 Å². The third-order valence-corrected chi connectivity index (χ3v) is 1.05. The van der Waals surface area contributed by atoms with Gasteiger partial charge in [-0.3, -0.25) is 0 Å². The number of aliphatic hydroxyl groups excluding tert-OH is 1.